The molecule has 0 aromatic heterocycles. The lowest BCUT2D eigenvalue weighted by Gasteiger charge is -2.35. The summed E-state index contributed by atoms with van der Waals surface area (Å²) in [5.41, 5.74) is 1.39. The summed E-state index contributed by atoms with van der Waals surface area (Å²) in [6, 6.07) is 8.18. The highest BCUT2D eigenvalue weighted by atomic mass is 79.9. The maximum absolute atomic E-state index is 5.90. The molecule has 1 fully saturated rings. The van der Waals surface area contributed by atoms with Crippen molar-refractivity contribution in [2.75, 3.05) is 25.6 Å². The maximum atomic E-state index is 5.90. The number of thiol groups is 1. The normalized spacial score (nSPS) is 18.8. The van der Waals surface area contributed by atoms with Crippen molar-refractivity contribution in [1.29, 1.82) is 0 Å². The van der Waals surface area contributed by atoms with E-state index in [-0.39, 0.29) is 5.41 Å². The molecule has 2 rings (SSSR count). The van der Waals surface area contributed by atoms with Gasteiger partial charge in [0.2, 0.25) is 0 Å². The number of benzene rings is 1. The fraction of sp³-hybridized carbons (Fsp3) is 0.571. The topological polar surface area (TPSA) is 18.5 Å². The molecule has 2 nitrogen and oxygen atoms in total. The fourth-order valence-electron chi connectivity index (χ4n) is 2.15. The van der Waals surface area contributed by atoms with E-state index in [0.717, 1.165) is 42.9 Å². The van der Waals surface area contributed by atoms with Gasteiger partial charge in [0.15, 0.2) is 0 Å². The van der Waals surface area contributed by atoms with Crippen molar-refractivity contribution in [2.24, 2.45) is 5.41 Å². The first-order valence-corrected chi connectivity index (χ1v) is 7.68. The first kappa shape index (κ1) is 14.4. The van der Waals surface area contributed by atoms with Crippen LogP contribution in [-0.2, 0) is 16.1 Å². The Balaban J connectivity index is 1.85. The van der Waals surface area contributed by atoms with Crippen LogP contribution in [0.1, 0.15) is 18.4 Å². The number of rotatable bonds is 5. The number of halogens is 1. The van der Waals surface area contributed by atoms with Gasteiger partial charge in [-0.15, -0.1) is 0 Å². The van der Waals surface area contributed by atoms with E-state index in [1.807, 2.05) is 18.2 Å². The zero-order chi connectivity index (χ0) is 12.8. The van der Waals surface area contributed by atoms with Crippen molar-refractivity contribution in [1.82, 2.24) is 0 Å². The molecule has 1 heterocycles. The molecule has 4 heteroatoms. The molecule has 0 unspecified atom stereocenters. The average Bonchev–Trinajstić information content (AvgIpc) is 2.42. The van der Waals surface area contributed by atoms with Crippen LogP contribution in [0.25, 0.3) is 0 Å². The zero-order valence-electron chi connectivity index (χ0n) is 10.4. The van der Waals surface area contributed by atoms with E-state index in [1.165, 1.54) is 5.56 Å². The molecule has 1 aliphatic rings. The highest BCUT2D eigenvalue weighted by Crippen LogP contribution is 2.32. The van der Waals surface area contributed by atoms with Gasteiger partial charge in [-0.3, -0.25) is 0 Å². The van der Waals surface area contributed by atoms with Crippen LogP contribution >= 0.6 is 28.6 Å². The Kier molecular flexibility index (Phi) is 5.55. The molecule has 1 aromatic rings. The summed E-state index contributed by atoms with van der Waals surface area (Å²) < 4.78 is 12.4. The average molecular weight is 331 g/mol. The van der Waals surface area contributed by atoms with Gasteiger partial charge in [0.05, 0.1) is 13.2 Å². The molecule has 0 spiro atoms. The SMILES string of the molecule is SCC1(COCc2ccccc2Br)CCOCC1. The zero-order valence-corrected chi connectivity index (χ0v) is 12.9. The lowest BCUT2D eigenvalue weighted by molar-refractivity contribution is -0.0316. The third-order valence-electron chi connectivity index (χ3n) is 3.51. The van der Waals surface area contributed by atoms with Gasteiger partial charge in [0, 0.05) is 23.1 Å². The van der Waals surface area contributed by atoms with Gasteiger partial charge in [-0.25, -0.2) is 0 Å². The molecule has 100 valence electrons. The molecule has 0 N–H and O–H groups in total. The highest BCUT2D eigenvalue weighted by Gasteiger charge is 2.31. The van der Waals surface area contributed by atoms with E-state index in [1.54, 1.807) is 0 Å². The predicted octanol–water partition coefficient (Wildman–Crippen LogP) is 3.69. The predicted molar refractivity (Wildman–Crippen MR) is 80.1 cm³/mol. The molecule has 0 amide bonds. The second kappa shape index (κ2) is 6.94. The third kappa shape index (κ3) is 3.73. The summed E-state index contributed by atoms with van der Waals surface area (Å²) in [4.78, 5) is 0. The molecule has 1 aliphatic heterocycles. The van der Waals surface area contributed by atoms with Crippen LogP contribution in [0.4, 0.5) is 0 Å². The van der Waals surface area contributed by atoms with Gasteiger partial charge in [-0.2, -0.15) is 12.6 Å². The summed E-state index contributed by atoms with van der Waals surface area (Å²) in [5.74, 6) is 0.867. The lowest BCUT2D eigenvalue weighted by atomic mass is 9.83. The smallest absolute Gasteiger partial charge is 0.0728 e. The van der Waals surface area contributed by atoms with E-state index < -0.39 is 0 Å². The summed E-state index contributed by atoms with van der Waals surface area (Å²) in [7, 11) is 0. The second-order valence-corrected chi connectivity index (χ2v) is 6.03. The Morgan fingerprint density at radius 1 is 1.28 bits per heavy atom. The van der Waals surface area contributed by atoms with Gasteiger partial charge in [0.25, 0.3) is 0 Å². The van der Waals surface area contributed by atoms with Crippen LogP contribution in [0.2, 0.25) is 0 Å². The molecule has 18 heavy (non-hydrogen) atoms. The van der Waals surface area contributed by atoms with Gasteiger partial charge in [0.1, 0.15) is 0 Å². The number of hydrogen-bond donors (Lipinski definition) is 1. The van der Waals surface area contributed by atoms with Gasteiger partial charge in [-0.1, -0.05) is 34.1 Å². The third-order valence-corrected chi connectivity index (χ3v) is 4.96. The van der Waals surface area contributed by atoms with E-state index in [4.69, 9.17) is 9.47 Å². The quantitative estimate of drug-likeness (QED) is 0.830. The van der Waals surface area contributed by atoms with Crippen molar-refractivity contribution in [3.05, 3.63) is 34.3 Å². The molecule has 0 saturated carbocycles. The van der Waals surface area contributed by atoms with Gasteiger partial charge < -0.3 is 9.47 Å². The summed E-state index contributed by atoms with van der Waals surface area (Å²) in [6.07, 6.45) is 2.10. The van der Waals surface area contributed by atoms with E-state index in [2.05, 4.69) is 34.6 Å². The summed E-state index contributed by atoms with van der Waals surface area (Å²) >= 11 is 8.02. The van der Waals surface area contributed by atoms with Gasteiger partial charge >= 0.3 is 0 Å². The van der Waals surface area contributed by atoms with E-state index >= 15 is 0 Å². The van der Waals surface area contributed by atoms with Gasteiger partial charge in [-0.05, 0) is 30.2 Å². The first-order chi connectivity index (χ1) is 8.76. The van der Waals surface area contributed by atoms with Crippen molar-refractivity contribution in [2.45, 2.75) is 19.4 Å². The van der Waals surface area contributed by atoms with Crippen LogP contribution in [0.5, 0.6) is 0 Å². The van der Waals surface area contributed by atoms with Crippen LogP contribution in [0.15, 0.2) is 28.7 Å². The monoisotopic (exact) mass is 330 g/mol. The minimum atomic E-state index is 0.197. The standard InChI is InChI=1S/C14H19BrO2S/c15-13-4-2-1-3-12(13)9-17-10-14(11-18)5-7-16-8-6-14/h1-4,18H,5-11H2. The van der Waals surface area contributed by atoms with Crippen LogP contribution < -0.4 is 0 Å². The van der Waals surface area contributed by atoms with Crippen molar-refractivity contribution in [3.8, 4) is 0 Å². The molecule has 0 aliphatic carbocycles. The largest absolute Gasteiger partial charge is 0.381 e. The Bertz CT molecular complexity index is 378. The van der Waals surface area contributed by atoms with Crippen molar-refractivity contribution < 1.29 is 9.47 Å². The first-order valence-electron chi connectivity index (χ1n) is 6.26. The second-order valence-electron chi connectivity index (χ2n) is 4.85. The Labute approximate surface area is 123 Å². The number of hydrogen-bond acceptors (Lipinski definition) is 3. The fourth-order valence-corrected chi connectivity index (χ4v) is 2.95. The molecule has 0 bridgehead atoms. The Hall–Kier alpha value is -0.0300. The summed E-state index contributed by atoms with van der Waals surface area (Å²) in [6.45, 7) is 3.08. The van der Waals surface area contributed by atoms with Crippen LogP contribution in [0.3, 0.4) is 0 Å². The molecule has 1 saturated heterocycles. The minimum Gasteiger partial charge on any atom is -0.381 e. The van der Waals surface area contributed by atoms with E-state index in [0.29, 0.717) is 6.61 Å². The molecular weight excluding hydrogens is 312 g/mol. The molecule has 0 radical (unpaired) electrons. The van der Waals surface area contributed by atoms with Crippen LogP contribution in [0, 0.1) is 5.41 Å². The molecule has 1 aromatic carbocycles. The Morgan fingerprint density at radius 3 is 2.67 bits per heavy atom. The van der Waals surface area contributed by atoms with E-state index in [9.17, 15) is 0 Å². The molecular formula is C14H19BrO2S. The highest BCUT2D eigenvalue weighted by molar-refractivity contribution is 9.10. The maximum Gasteiger partial charge on any atom is 0.0728 e. The molecule has 0 atom stereocenters. The number of ether oxygens (including phenoxy) is 2. The Morgan fingerprint density at radius 2 is 2.00 bits per heavy atom. The lowest BCUT2D eigenvalue weighted by Crippen LogP contribution is -2.35. The minimum absolute atomic E-state index is 0.197. The van der Waals surface area contributed by atoms with Crippen LogP contribution in [-0.4, -0.2) is 25.6 Å². The summed E-state index contributed by atoms with van der Waals surface area (Å²) in [5, 5.41) is 0. The van der Waals surface area contributed by atoms with Crippen molar-refractivity contribution >= 4 is 28.6 Å². The van der Waals surface area contributed by atoms with Crippen molar-refractivity contribution in [3.63, 3.8) is 0 Å².